The van der Waals surface area contributed by atoms with Gasteiger partial charge in [-0.1, -0.05) is 54.6 Å². The second kappa shape index (κ2) is 10.5. The minimum absolute atomic E-state index is 0.0393. The lowest BCUT2D eigenvalue weighted by Crippen LogP contribution is -2.06. The van der Waals surface area contributed by atoms with Crippen molar-refractivity contribution in [2.24, 2.45) is 0 Å². The lowest BCUT2D eigenvalue weighted by atomic mass is 9.89. The number of benzene rings is 5. The third kappa shape index (κ3) is 4.70. The first kappa shape index (κ1) is 26.9. The normalized spacial score (nSPS) is 12.9. The minimum atomic E-state index is 0.0393. The minimum Gasteiger partial charge on any atom is -0.488 e. The lowest BCUT2D eigenvalue weighted by molar-refractivity contribution is -0.110. The number of imidazole rings is 2. The van der Waals surface area contributed by atoms with E-state index in [9.17, 15) is 9.59 Å². The molecule has 0 spiro atoms. The number of aromatic nitrogens is 4. The Morgan fingerprint density at radius 2 is 1.41 bits per heavy atom. The molecule has 8 rings (SSSR count). The summed E-state index contributed by atoms with van der Waals surface area (Å²) in [5.74, 6) is 0.910. The molecule has 5 aromatic carbocycles. The van der Waals surface area contributed by atoms with Gasteiger partial charge in [0.1, 0.15) is 23.5 Å². The maximum Gasteiger partial charge on any atom is 0.155 e. The van der Waals surface area contributed by atoms with E-state index in [1.165, 1.54) is 16.5 Å². The molecule has 44 heavy (non-hydrogen) atoms. The van der Waals surface area contributed by atoms with Crippen molar-refractivity contribution in [1.82, 2.24) is 19.9 Å². The molecule has 1 aliphatic rings. The second-order valence-corrected chi connectivity index (χ2v) is 13.9. The van der Waals surface area contributed by atoms with Crippen LogP contribution in [0, 0.1) is 0 Å². The maximum atomic E-state index is 11.5. The molecule has 0 saturated carbocycles. The van der Waals surface area contributed by atoms with Crippen molar-refractivity contribution in [1.29, 1.82) is 0 Å². The van der Waals surface area contributed by atoms with E-state index in [0.717, 1.165) is 66.5 Å². The number of hydrogen-bond acceptors (Lipinski definition) is 5. The quantitative estimate of drug-likeness (QED) is 0.194. The summed E-state index contributed by atoms with van der Waals surface area (Å²) in [5.41, 5.74) is 11.0. The van der Waals surface area contributed by atoms with Crippen molar-refractivity contribution in [2.75, 3.05) is 0 Å². The molecule has 9 heteroatoms. The van der Waals surface area contributed by atoms with Gasteiger partial charge in [0.2, 0.25) is 0 Å². The third-order valence-electron chi connectivity index (χ3n) is 8.04. The SMILES string of the molecule is CC(=O)Pc1ncc(-c2ccc3c4c(ccc3c2)-c2ccc3cc(-c5ccc6nc(PC(C)=O)[nH]c6c5)ccc3c2OC4)[nH]1. The third-order valence-corrected chi connectivity index (χ3v) is 9.71. The van der Waals surface area contributed by atoms with Gasteiger partial charge in [0.05, 0.1) is 22.9 Å². The van der Waals surface area contributed by atoms with Crippen molar-refractivity contribution in [2.45, 2.75) is 20.5 Å². The van der Waals surface area contributed by atoms with Crippen molar-refractivity contribution >= 4 is 71.9 Å². The molecule has 0 radical (unpaired) electrons. The summed E-state index contributed by atoms with van der Waals surface area (Å²) in [6, 6.07) is 27.7. The van der Waals surface area contributed by atoms with E-state index in [1.54, 1.807) is 20.0 Å². The topological polar surface area (TPSA) is 101 Å². The van der Waals surface area contributed by atoms with Crippen LogP contribution in [0.4, 0.5) is 0 Å². The van der Waals surface area contributed by atoms with Gasteiger partial charge < -0.3 is 14.7 Å². The highest BCUT2D eigenvalue weighted by molar-refractivity contribution is 7.64. The van der Waals surface area contributed by atoms with Gasteiger partial charge in [-0.3, -0.25) is 9.59 Å². The fourth-order valence-corrected chi connectivity index (χ4v) is 7.44. The highest BCUT2D eigenvalue weighted by Crippen LogP contribution is 2.45. The number of nitrogens with zero attached hydrogens (tertiary/aromatic N) is 2. The number of carbonyl (C=O) groups excluding carboxylic acids is 2. The summed E-state index contributed by atoms with van der Waals surface area (Å²) >= 11 is 0. The highest BCUT2D eigenvalue weighted by atomic mass is 31.1. The van der Waals surface area contributed by atoms with Crippen LogP contribution in [0.15, 0.2) is 85.1 Å². The average Bonchev–Trinajstić information content (AvgIpc) is 3.65. The molecule has 214 valence electrons. The first-order chi connectivity index (χ1) is 21.4. The molecule has 2 unspecified atom stereocenters. The molecule has 7 aromatic rings. The van der Waals surface area contributed by atoms with Crippen LogP contribution in [0.25, 0.3) is 66.1 Å². The molecular formula is C35H26N4O3P2. The number of nitrogens with one attached hydrogen (secondary N) is 2. The predicted octanol–water partition coefficient (Wildman–Crippen LogP) is 7.19. The molecule has 0 saturated heterocycles. The average molecular weight is 613 g/mol. The zero-order chi connectivity index (χ0) is 29.9. The molecule has 1 aliphatic heterocycles. The summed E-state index contributed by atoms with van der Waals surface area (Å²) in [6.45, 7) is 3.66. The van der Waals surface area contributed by atoms with Gasteiger partial charge in [-0.2, -0.15) is 0 Å². The highest BCUT2D eigenvalue weighted by Gasteiger charge is 2.22. The number of ether oxygens (including phenoxy) is 1. The van der Waals surface area contributed by atoms with Gasteiger partial charge >= 0.3 is 0 Å². The molecule has 2 atom stereocenters. The van der Waals surface area contributed by atoms with Crippen LogP contribution in [-0.4, -0.2) is 31.0 Å². The van der Waals surface area contributed by atoms with Gasteiger partial charge in [0.25, 0.3) is 0 Å². The van der Waals surface area contributed by atoms with Crippen LogP contribution < -0.4 is 15.9 Å². The fraction of sp³-hybridized carbons (Fsp3) is 0.0857. The number of rotatable bonds is 6. The molecule has 3 heterocycles. The van der Waals surface area contributed by atoms with Crippen molar-refractivity contribution in [3.8, 4) is 39.3 Å². The Balaban J connectivity index is 1.13. The van der Waals surface area contributed by atoms with Gasteiger partial charge in [-0.15, -0.1) is 0 Å². The van der Waals surface area contributed by atoms with Crippen LogP contribution in [0.1, 0.15) is 19.4 Å². The van der Waals surface area contributed by atoms with Crippen LogP contribution in [0.3, 0.4) is 0 Å². The Morgan fingerprint density at radius 1 is 0.727 bits per heavy atom. The predicted molar refractivity (Wildman–Crippen MR) is 181 cm³/mol. The summed E-state index contributed by atoms with van der Waals surface area (Å²) < 4.78 is 6.48. The number of hydrogen-bond donors (Lipinski definition) is 2. The maximum absolute atomic E-state index is 11.5. The van der Waals surface area contributed by atoms with Crippen molar-refractivity contribution in [3.63, 3.8) is 0 Å². The van der Waals surface area contributed by atoms with E-state index >= 15 is 0 Å². The molecule has 0 amide bonds. The van der Waals surface area contributed by atoms with Crippen LogP contribution in [0.5, 0.6) is 5.75 Å². The van der Waals surface area contributed by atoms with Crippen LogP contribution in [-0.2, 0) is 16.2 Å². The van der Waals surface area contributed by atoms with Gasteiger partial charge in [-0.05, 0) is 71.0 Å². The smallest absolute Gasteiger partial charge is 0.155 e. The van der Waals surface area contributed by atoms with E-state index < -0.39 is 0 Å². The molecule has 0 aliphatic carbocycles. The molecule has 0 fully saturated rings. The Labute approximate surface area is 256 Å². The summed E-state index contributed by atoms with van der Waals surface area (Å²) in [7, 11) is 0.0794. The van der Waals surface area contributed by atoms with E-state index in [0.29, 0.717) is 12.2 Å². The number of fused-ring (bicyclic) bond motifs is 8. The zero-order valence-electron chi connectivity index (χ0n) is 23.9. The Kier molecular flexibility index (Phi) is 6.41. The Hall–Kier alpha value is -4.70. The van der Waals surface area contributed by atoms with Gasteiger partial charge in [-0.25, -0.2) is 9.97 Å². The molecular weight excluding hydrogens is 586 g/mol. The van der Waals surface area contributed by atoms with Crippen LogP contribution in [0.2, 0.25) is 0 Å². The fourth-order valence-electron chi connectivity index (χ4n) is 6.08. The molecule has 2 N–H and O–H groups in total. The molecule has 7 nitrogen and oxygen atoms in total. The summed E-state index contributed by atoms with van der Waals surface area (Å²) in [5, 5.41) is 4.50. The first-order valence-corrected chi connectivity index (χ1v) is 16.3. The summed E-state index contributed by atoms with van der Waals surface area (Å²) in [6.07, 6.45) is 1.79. The number of aromatic amines is 2. The van der Waals surface area contributed by atoms with Crippen molar-refractivity contribution in [3.05, 3.63) is 90.6 Å². The van der Waals surface area contributed by atoms with E-state index in [4.69, 9.17) is 4.74 Å². The monoisotopic (exact) mass is 612 g/mol. The lowest BCUT2D eigenvalue weighted by Gasteiger charge is -2.24. The summed E-state index contributed by atoms with van der Waals surface area (Å²) in [4.78, 5) is 38.6. The van der Waals surface area contributed by atoms with Gasteiger partial charge in [0.15, 0.2) is 11.0 Å². The second-order valence-electron chi connectivity index (χ2n) is 11.0. The molecule has 2 aromatic heterocycles. The zero-order valence-corrected chi connectivity index (χ0v) is 25.9. The Bertz CT molecular complexity index is 2320. The van der Waals surface area contributed by atoms with Crippen LogP contribution >= 0.6 is 17.2 Å². The van der Waals surface area contributed by atoms with E-state index in [-0.39, 0.29) is 28.2 Å². The number of carbonyl (C=O) groups is 2. The van der Waals surface area contributed by atoms with E-state index in [1.807, 2.05) is 6.07 Å². The molecule has 0 bridgehead atoms. The standard InChI is InChI=1S/C35H26N4O3P2/c1-18(40)43-34-36-16-32(39-34)24-6-8-25-22(14-24)4-10-27-28-11-5-23-13-20(3-9-26(23)33(28)42-17-29(25)27)21-7-12-30-31(15-21)38-35(37-30)44-19(2)41/h3-16,43-44H,17H2,1-2H3,(H,36,39)(H,37,38). The Morgan fingerprint density at radius 3 is 2.25 bits per heavy atom. The number of H-pyrrole nitrogens is 2. The first-order valence-electron chi connectivity index (χ1n) is 14.3. The van der Waals surface area contributed by atoms with Gasteiger partial charge in [0, 0.05) is 39.2 Å². The largest absolute Gasteiger partial charge is 0.488 e. The van der Waals surface area contributed by atoms with Crippen molar-refractivity contribution < 1.29 is 14.3 Å². The van der Waals surface area contributed by atoms with E-state index in [2.05, 4.69) is 92.7 Å².